The van der Waals surface area contributed by atoms with E-state index in [2.05, 4.69) is 11.7 Å². The Morgan fingerprint density at radius 1 is 2.00 bits per heavy atom. The van der Waals surface area contributed by atoms with Crippen LogP contribution in [0.1, 0.15) is 0 Å². The molecule has 0 atom stereocenters. The number of hydrogen-bond acceptors (Lipinski definition) is 1. The molecule has 1 heteroatoms. The SMILES string of the molecule is [CH]=COC[CH2]. The maximum Gasteiger partial charge on any atom is 0.0874 e. The van der Waals surface area contributed by atoms with Gasteiger partial charge in [-0.05, 0) is 13.5 Å². The lowest BCUT2D eigenvalue weighted by atomic mass is 10.9. The Morgan fingerprint density at radius 3 is 2.60 bits per heavy atom. The molecule has 0 aliphatic carbocycles. The fraction of sp³-hybridized carbons (Fsp3) is 0.250. The lowest BCUT2D eigenvalue weighted by Crippen LogP contribution is -1.72. The van der Waals surface area contributed by atoms with E-state index in [1.807, 2.05) is 0 Å². The van der Waals surface area contributed by atoms with E-state index >= 15 is 0 Å². The normalized spacial score (nSPS) is 6.60. The molecule has 28 valence electrons. The largest absolute Gasteiger partial charge is 0.501 e. The molecule has 0 saturated carbocycles. The first-order valence-electron chi connectivity index (χ1n) is 1.36. The van der Waals surface area contributed by atoms with E-state index < -0.39 is 0 Å². The maximum absolute atomic E-state index is 4.75. The minimum Gasteiger partial charge on any atom is -0.501 e. The van der Waals surface area contributed by atoms with Crippen molar-refractivity contribution >= 4 is 0 Å². The number of rotatable bonds is 2. The summed E-state index contributed by atoms with van der Waals surface area (Å²) in [6.45, 7) is 8.51. The molecule has 0 aromatic carbocycles. The highest BCUT2D eigenvalue weighted by Crippen LogP contribution is 1.64. The van der Waals surface area contributed by atoms with Gasteiger partial charge in [0.15, 0.2) is 0 Å². The van der Waals surface area contributed by atoms with Crippen molar-refractivity contribution in [3.8, 4) is 0 Å². The third-order valence-corrected chi connectivity index (χ3v) is 0.214. The van der Waals surface area contributed by atoms with Crippen LogP contribution in [-0.4, -0.2) is 6.61 Å². The van der Waals surface area contributed by atoms with Crippen molar-refractivity contribution in [2.24, 2.45) is 0 Å². The summed E-state index contributed by atoms with van der Waals surface area (Å²) in [4.78, 5) is 0. The van der Waals surface area contributed by atoms with Crippen LogP contribution in [0.5, 0.6) is 0 Å². The summed E-state index contributed by atoms with van der Waals surface area (Å²) < 4.78 is 4.38. The zero-order chi connectivity index (χ0) is 4.12. The van der Waals surface area contributed by atoms with Gasteiger partial charge in [-0.15, -0.1) is 0 Å². The second-order valence-corrected chi connectivity index (χ2v) is 0.507. The van der Waals surface area contributed by atoms with Gasteiger partial charge < -0.3 is 4.74 Å². The van der Waals surface area contributed by atoms with Crippen molar-refractivity contribution in [3.05, 3.63) is 19.8 Å². The molecule has 0 rings (SSSR count). The molecule has 0 fully saturated rings. The topological polar surface area (TPSA) is 9.23 Å². The van der Waals surface area contributed by atoms with Crippen LogP contribution in [0, 0.1) is 13.5 Å². The highest BCUT2D eigenvalue weighted by Gasteiger charge is 1.56. The molecular formula is C4H6O. The van der Waals surface area contributed by atoms with Gasteiger partial charge in [0.25, 0.3) is 0 Å². The molecule has 0 bridgehead atoms. The smallest absolute Gasteiger partial charge is 0.0874 e. The molecule has 0 N–H and O–H groups in total. The molecule has 0 spiro atoms. The van der Waals surface area contributed by atoms with Gasteiger partial charge in [-0.25, -0.2) is 0 Å². The van der Waals surface area contributed by atoms with Crippen LogP contribution < -0.4 is 0 Å². The highest BCUT2D eigenvalue weighted by molar-refractivity contribution is 4.42. The lowest BCUT2D eigenvalue weighted by molar-refractivity contribution is 0.288. The van der Waals surface area contributed by atoms with E-state index in [9.17, 15) is 0 Å². The van der Waals surface area contributed by atoms with E-state index in [0.717, 1.165) is 6.26 Å². The lowest BCUT2D eigenvalue weighted by Gasteiger charge is -1.84. The van der Waals surface area contributed by atoms with Crippen LogP contribution in [0.4, 0.5) is 0 Å². The minimum atomic E-state index is 0.413. The van der Waals surface area contributed by atoms with Crippen LogP contribution in [0.3, 0.4) is 0 Å². The van der Waals surface area contributed by atoms with Gasteiger partial charge in [0.05, 0.1) is 12.9 Å². The summed E-state index contributed by atoms with van der Waals surface area (Å²) in [6.07, 6.45) is 1.12. The monoisotopic (exact) mass is 70.0 g/mol. The molecule has 0 saturated heterocycles. The van der Waals surface area contributed by atoms with Crippen molar-refractivity contribution in [1.82, 2.24) is 0 Å². The zero-order valence-corrected chi connectivity index (χ0v) is 2.98. The highest BCUT2D eigenvalue weighted by atomic mass is 16.5. The van der Waals surface area contributed by atoms with E-state index in [4.69, 9.17) is 6.58 Å². The van der Waals surface area contributed by atoms with Crippen molar-refractivity contribution < 1.29 is 4.74 Å². The molecular weight excluding hydrogens is 64.0 g/mol. The Kier molecular flexibility index (Phi) is 3.21. The summed E-state index contributed by atoms with van der Waals surface area (Å²) in [5.41, 5.74) is 0. The standard InChI is InChI=1S/C4H6O/c1-3-5-4-2/h1,3H,2,4H2. The van der Waals surface area contributed by atoms with Crippen molar-refractivity contribution in [1.29, 1.82) is 0 Å². The third-order valence-electron chi connectivity index (χ3n) is 0.214. The molecule has 0 aromatic rings. The zero-order valence-electron chi connectivity index (χ0n) is 2.98. The predicted molar refractivity (Wildman–Crippen MR) is 20.2 cm³/mol. The third kappa shape index (κ3) is 3.54. The molecule has 0 amide bonds. The molecule has 0 unspecified atom stereocenters. The van der Waals surface area contributed by atoms with Crippen LogP contribution in [-0.2, 0) is 4.74 Å². The van der Waals surface area contributed by atoms with Crippen LogP contribution in [0.25, 0.3) is 0 Å². The van der Waals surface area contributed by atoms with E-state index in [1.165, 1.54) is 0 Å². The van der Waals surface area contributed by atoms with Gasteiger partial charge in [-0.3, -0.25) is 0 Å². The Hall–Kier alpha value is -0.460. The van der Waals surface area contributed by atoms with Crippen LogP contribution >= 0.6 is 0 Å². The number of hydrogen-bond donors (Lipinski definition) is 0. The molecule has 0 aliphatic heterocycles. The van der Waals surface area contributed by atoms with Gasteiger partial charge in [0.2, 0.25) is 0 Å². The van der Waals surface area contributed by atoms with E-state index in [-0.39, 0.29) is 0 Å². The minimum absolute atomic E-state index is 0.413. The molecule has 2 radical (unpaired) electrons. The summed E-state index contributed by atoms with van der Waals surface area (Å²) >= 11 is 0. The first kappa shape index (κ1) is 4.54. The Labute approximate surface area is 32.3 Å². The second kappa shape index (κ2) is 3.54. The fourth-order valence-corrected chi connectivity index (χ4v) is 0.0680. The maximum atomic E-state index is 4.75. The summed E-state index contributed by atoms with van der Waals surface area (Å²) in [5.74, 6) is 0. The van der Waals surface area contributed by atoms with Crippen molar-refractivity contribution in [2.75, 3.05) is 6.61 Å². The number of ether oxygens (including phenoxy) is 1. The molecule has 0 aliphatic rings. The first-order valence-corrected chi connectivity index (χ1v) is 1.36. The van der Waals surface area contributed by atoms with Gasteiger partial charge >= 0.3 is 0 Å². The Morgan fingerprint density at radius 2 is 2.60 bits per heavy atom. The Bertz CT molecular complexity index is 24.8. The summed E-state index contributed by atoms with van der Waals surface area (Å²) in [6, 6.07) is 0. The van der Waals surface area contributed by atoms with Gasteiger partial charge in [-0.2, -0.15) is 0 Å². The Balaban J connectivity index is 2.40. The predicted octanol–water partition coefficient (Wildman–Crippen LogP) is 0.784. The second-order valence-electron chi connectivity index (χ2n) is 0.507. The summed E-state index contributed by atoms with van der Waals surface area (Å²) in [7, 11) is 0. The van der Waals surface area contributed by atoms with E-state index in [1.54, 1.807) is 0 Å². The van der Waals surface area contributed by atoms with Gasteiger partial charge in [0, 0.05) is 0 Å². The average molecular weight is 70.1 g/mol. The summed E-state index contributed by atoms with van der Waals surface area (Å²) in [5, 5.41) is 0. The van der Waals surface area contributed by atoms with Gasteiger partial charge in [0.1, 0.15) is 0 Å². The van der Waals surface area contributed by atoms with E-state index in [0.29, 0.717) is 6.61 Å². The van der Waals surface area contributed by atoms with Crippen molar-refractivity contribution in [3.63, 3.8) is 0 Å². The first-order chi connectivity index (χ1) is 2.41. The molecule has 5 heavy (non-hydrogen) atoms. The van der Waals surface area contributed by atoms with Crippen LogP contribution in [0.15, 0.2) is 6.26 Å². The van der Waals surface area contributed by atoms with Crippen molar-refractivity contribution in [2.45, 2.75) is 0 Å². The van der Waals surface area contributed by atoms with Gasteiger partial charge in [-0.1, -0.05) is 0 Å². The molecule has 0 aromatic heterocycles. The fourth-order valence-electron chi connectivity index (χ4n) is 0.0680. The van der Waals surface area contributed by atoms with Crippen LogP contribution in [0.2, 0.25) is 0 Å². The average Bonchev–Trinajstić information content (AvgIpc) is 1.41. The molecule has 0 heterocycles. The quantitative estimate of drug-likeness (QED) is 0.436. The molecule has 1 nitrogen and oxygen atoms in total.